The third-order valence-corrected chi connectivity index (χ3v) is 3.96. The number of hydrogen-bond acceptors (Lipinski definition) is 2. The molecule has 0 amide bonds. The van der Waals surface area contributed by atoms with Gasteiger partial charge in [0.2, 0.25) is 0 Å². The van der Waals surface area contributed by atoms with Crippen LogP contribution >= 0.6 is 0 Å². The molecule has 1 aliphatic rings. The van der Waals surface area contributed by atoms with Gasteiger partial charge in [-0.15, -0.1) is 0 Å². The van der Waals surface area contributed by atoms with Crippen LogP contribution in [-0.2, 0) is 13.6 Å². The molecular weight excluding hydrogens is 224 g/mol. The molecule has 0 bridgehead atoms. The lowest BCUT2D eigenvalue weighted by Gasteiger charge is -2.26. The molecule has 1 saturated heterocycles. The molecule has 0 atom stereocenters. The summed E-state index contributed by atoms with van der Waals surface area (Å²) < 4.78 is 2.24. The summed E-state index contributed by atoms with van der Waals surface area (Å²) in [6, 6.07) is 7.79. The van der Waals surface area contributed by atoms with Crippen LogP contribution in [0, 0.1) is 0 Å². The molecule has 1 fully saturated rings. The minimum Gasteiger partial charge on any atom is -0.508 e. The summed E-state index contributed by atoms with van der Waals surface area (Å²) in [5.41, 5.74) is 2.53. The minimum absolute atomic E-state index is 0.345. The third-order valence-electron chi connectivity index (χ3n) is 3.96. The quantitative estimate of drug-likeness (QED) is 0.880. The van der Waals surface area contributed by atoms with Crippen molar-refractivity contribution in [3.63, 3.8) is 0 Å². The highest BCUT2D eigenvalue weighted by molar-refractivity contribution is 5.82. The van der Waals surface area contributed by atoms with Crippen LogP contribution in [0.15, 0.2) is 24.3 Å². The van der Waals surface area contributed by atoms with E-state index >= 15 is 0 Å². The number of phenolic OH excluding ortho intramolecular Hbond substituents is 1. The molecule has 1 N–H and O–H groups in total. The lowest BCUT2D eigenvalue weighted by Crippen LogP contribution is -2.29. The number of phenols is 1. The van der Waals surface area contributed by atoms with Crippen LogP contribution in [0.2, 0.25) is 0 Å². The van der Waals surface area contributed by atoms with E-state index in [1.807, 2.05) is 12.1 Å². The number of rotatable bonds is 2. The lowest BCUT2D eigenvalue weighted by molar-refractivity contribution is 0.217. The molecule has 0 unspecified atom stereocenters. The Kier molecular flexibility index (Phi) is 3.00. The average molecular weight is 244 g/mol. The number of likely N-dealkylation sites (tertiary alicyclic amines) is 1. The van der Waals surface area contributed by atoms with Gasteiger partial charge in [-0.05, 0) is 50.2 Å². The van der Waals surface area contributed by atoms with E-state index in [-0.39, 0.29) is 0 Å². The summed E-state index contributed by atoms with van der Waals surface area (Å²) in [6.07, 6.45) is 4.02. The van der Waals surface area contributed by atoms with E-state index in [1.54, 1.807) is 6.07 Å². The first-order valence-electron chi connectivity index (χ1n) is 6.74. The molecule has 0 spiro atoms. The van der Waals surface area contributed by atoms with Crippen LogP contribution in [0.1, 0.15) is 25.0 Å². The topological polar surface area (TPSA) is 28.4 Å². The third kappa shape index (κ3) is 2.10. The van der Waals surface area contributed by atoms with E-state index in [1.165, 1.54) is 43.6 Å². The molecule has 1 aromatic heterocycles. The fourth-order valence-electron chi connectivity index (χ4n) is 2.89. The highest BCUT2D eigenvalue weighted by Crippen LogP contribution is 2.24. The van der Waals surface area contributed by atoms with E-state index in [4.69, 9.17) is 0 Å². The lowest BCUT2D eigenvalue weighted by atomic mass is 10.1. The zero-order valence-corrected chi connectivity index (χ0v) is 10.9. The van der Waals surface area contributed by atoms with Gasteiger partial charge >= 0.3 is 0 Å². The van der Waals surface area contributed by atoms with Crippen molar-refractivity contribution in [1.82, 2.24) is 9.47 Å². The van der Waals surface area contributed by atoms with Gasteiger partial charge in [0.05, 0.1) is 0 Å². The zero-order chi connectivity index (χ0) is 12.5. The number of aryl methyl sites for hydroxylation is 1. The van der Waals surface area contributed by atoms with Crippen LogP contribution in [-0.4, -0.2) is 27.7 Å². The standard InChI is InChI=1S/C15H20N2O/c1-16-13(11-17-7-3-2-4-8-17)9-12-10-14(18)5-6-15(12)16/h5-6,9-10,18H,2-4,7-8,11H2,1H3. The van der Waals surface area contributed by atoms with Gasteiger partial charge in [0.15, 0.2) is 0 Å². The number of fused-ring (bicyclic) bond motifs is 1. The maximum absolute atomic E-state index is 9.53. The van der Waals surface area contributed by atoms with Gasteiger partial charge in [-0.2, -0.15) is 0 Å². The molecule has 0 radical (unpaired) electrons. The number of nitrogens with zero attached hydrogens (tertiary/aromatic N) is 2. The highest BCUT2D eigenvalue weighted by Gasteiger charge is 2.13. The normalized spacial score (nSPS) is 17.4. The van der Waals surface area contributed by atoms with E-state index in [9.17, 15) is 5.11 Å². The van der Waals surface area contributed by atoms with Crippen LogP contribution < -0.4 is 0 Å². The van der Waals surface area contributed by atoms with Gasteiger partial charge in [0, 0.05) is 30.2 Å². The second-order valence-electron chi connectivity index (χ2n) is 5.27. The number of piperidine rings is 1. The second kappa shape index (κ2) is 4.65. The first-order chi connectivity index (χ1) is 8.74. The van der Waals surface area contributed by atoms with Crippen molar-refractivity contribution in [2.75, 3.05) is 13.1 Å². The fourth-order valence-corrected chi connectivity index (χ4v) is 2.89. The second-order valence-corrected chi connectivity index (χ2v) is 5.27. The van der Waals surface area contributed by atoms with Crippen LogP contribution in [0.3, 0.4) is 0 Å². The Hall–Kier alpha value is -1.48. The molecule has 96 valence electrons. The number of aromatic nitrogens is 1. The molecule has 0 aliphatic carbocycles. The van der Waals surface area contributed by atoms with Crippen molar-refractivity contribution < 1.29 is 5.11 Å². The van der Waals surface area contributed by atoms with Crippen LogP contribution in [0.25, 0.3) is 10.9 Å². The van der Waals surface area contributed by atoms with Gasteiger partial charge in [-0.25, -0.2) is 0 Å². The van der Waals surface area contributed by atoms with E-state index in [0.29, 0.717) is 5.75 Å². The Balaban J connectivity index is 1.89. The summed E-state index contributed by atoms with van der Waals surface area (Å²) in [6.45, 7) is 3.45. The molecular formula is C15H20N2O. The molecule has 3 nitrogen and oxygen atoms in total. The van der Waals surface area contributed by atoms with Crippen LogP contribution in [0.4, 0.5) is 0 Å². The van der Waals surface area contributed by atoms with E-state index in [2.05, 4.69) is 22.6 Å². The summed E-state index contributed by atoms with van der Waals surface area (Å²) in [5.74, 6) is 0.345. The highest BCUT2D eigenvalue weighted by atomic mass is 16.3. The van der Waals surface area contributed by atoms with E-state index < -0.39 is 0 Å². The Morgan fingerprint density at radius 1 is 1.11 bits per heavy atom. The van der Waals surface area contributed by atoms with Crippen LogP contribution in [0.5, 0.6) is 5.75 Å². The molecule has 3 rings (SSSR count). The molecule has 18 heavy (non-hydrogen) atoms. The van der Waals surface area contributed by atoms with Crippen molar-refractivity contribution in [3.8, 4) is 5.75 Å². The van der Waals surface area contributed by atoms with Gasteiger partial charge in [0.1, 0.15) is 5.75 Å². The summed E-state index contributed by atoms with van der Waals surface area (Å²) in [7, 11) is 2.11. The Morgan fingerprint density at radius 2 is 1.89 bits per heavy atom. The van der Waals surface area contributed by atoms with Gasteiger partial charge in [-0.3, -0.25) is 4.90 Å². The predicted molar refractivity (Wildman–Crippen MR) is 73.7 cm³/mol. The van der Waals surface area contributed by atoms with Crippen molar-refractivity contribution in [3.05, 3.63) is 30.0 Å². The Labute approximate surface area is 108 Å². The molecule has 1 aliphatic heterocycles. The molecule has 1 aromatic carbocycles. The molecule has 2 aromatic rings. The average Bonchev–Trinajstić information content (AvgIpc) is 2.67. The van der Waals surface area contributed by atoms with Crippen molar-refractivity contribution in [1.29, 1.82) is 0 Å². The Bertz CT molecular complexity index is 553. The smallest absolute Gasteiger partial charge is 0.116 e. The van der Waals surface area contributed by atoms with Gasteiger partial charge < -0.3 is 9.67 Å². The van der Waals surface area contributed by atoms with Gasteiger partial charge in [-0.1, -0.05) is 6.42 Å². The van der Waals surface area contributed by atoms with Crippen molar-refractivity contribution >= 4 is 10.9 Å². The predicted octanol–water partition coefficient (Wildman–Crippen LogP) is 2.87. The van der Waals surface area contributed by atoms with Crippen molar-refractivity contribution in [2.45, 2.75) is 25.8 Å². The molecule has 2 heterocycles. The van der Waals surface area contributed by atoms with Gasteiger partial charge in [0.25, 0.3) is 0 Å². The fraction of sp³-hybridized carbons (Fsp3) is 0.467. The first-order valence-corrected chi connectivity index (χ1v) is 6.74. The number of hydrogen-bond donors (Lipinski definition) is 1. The first kappa shape index (κ1) is 11.6. The summed E-state index contributed by atoms with van der Waals surface area (Å²) in [4.78, 5) is 2.53. The summed E-state index contributed by atoms with van der Waals surface area (Å²) in [5, 5.41) is 10.7. The SMILES string of the molecule is Cn1c(CN2CCCCC2)cc2cc(O)ccc21. The Morgan fingerprint density at radius 3 is 2.67 bits per heavy atom. The molecule has 3 heteroatoms. The molecule has 0 saturated carbocycles. The van der Waals surface area contributed by atoms with E-state index in [0.717, 1.165) is 11.9 Å². The minimum atomic E-state index is 0.345. The van der Waals surface area contributed by atoms with Crippen molar-refractivity contribution in [2.24, 2.45) is 7.05 Å². The zero-order valence-electron chi connectivity index (χ0n) is 10.9. The monoisotopic (exact) mass is 244 g/mol. The maximum Gasteiger partial charge on any atom is 0.116 e. The maximum atomic E-state index is 9.53. The number of aromatic hydroxyl groups is 1. The largest absolute Gasteiger partial charge is 0.508 e. The summed E-state index contributed by atoms with van der Waals surface area (Å²) >= 11 is 0. The number of benzene rings is 1.